The van der Waals surface area contributed by atoms with Gasteiger partial charge in [-0.2, -0.15) is 0 Å². The molecule has 1 saturated heterocycles. The first-order valence-electron chi connectivity index (χ1n) is 9.36. The van der Waals surface area contributed by atoms with Gasteiger partial charge in [-0.3, -0.25) is 20.2 Å². The van der Waals surface area contributed by atoms with E-state index in [0.29, 0.717) is 18.0 Å². The molecule has 2 aromatic carbocycles. The Morgan fingerprint density at radius 3 is 2.53 bits per heavy atom. The van der Waals surface area contributed by atoms with Crippen LogP contribution in [0.4, 0.5) is 17.1 Å². The van der Waals surface area contributed by atoms with Gasteiger partial charge in [0.15, 0.2) is 4.80 Å². The van der Waals surface area contributed by atoms with Crippen LogP contribution in [0.5, 0.6) is 0 Å². The maximum atomic E-state index is 11.4. The molecule has 1 aliphatic heterocycles. The molecule has 9 nitrogen and oxygen atoms in total. The summed E-state index contributed by atoms with van der Waals surface area (Å²) in [4.78, 5) is 26.6. The fraction of sp³-hybridized carbons (Fsp3) is 0.250. The SMILES string of the molecule is O=[N+]([O-])c1ccc(-c2csc(=Nc3ccccc3[N+](=O)[O-])n2CC2CCCO2)cc1. The second-order valence-electron chi connectivity index (χ2n) is 6.81. The number of benzene rings is 2. The highest BCUT2D eigenvalue weighted by Crippen LogP contribution is 2.28. The van der Waals surface area contributed by atoms with Crippen LogP contribution in [0.1, 0.15) is 12.8 Å². The van der Waals surface area contributed by atoms with Crippen LogP contribution in [0.25, 0.3) is 11.3 Å². The van der Waals surface area contributed by atoms with Gasteiger partial charge in [-0.25, -0.2) is 4.99 Å². The topological polar surface area (TPSA) is 113 Å². The van der Waals surface area contributed by atoms with E-state index in [4.69, 9.17) is 4.74 Å². The van der Waals surface area contributed by atoms with Gasteiger partial charge in [-0.1, -0.05) is 12.1 Å². The van der Waals surface area contributed by atoms with Crippen LogP contribution in [0.15, 0.2) is 58.9 Å². The van der Waals surface area contributed by atoms with Gasteiger partial charge in [0.05, 0.1) is 28.2 Å². The fourth-order valence-electron chi connectivity index (χ4n) is 3.39. The predicted molar refractivity (Wildman–Crippen MR) is 112 cm³/mol. The van der Waals surface area contributed by atoms with Crippen molar-refractivity contribution >= 4 is 28.4 Å². The summed E-state index contributed by atoms with van der Waals surface area (Å²) < 4.78 is 7.75. The standard InChI is InChI=1S/C20H18N4O5S/c25-23(26)15-9-7-14(8-10-15)19-13-30-20(22(19)12-16-4-3-11-29-16)21-17-5-1-2-6-18(17)24(27)28/h1-2,5-10,13,16H,3-4,11-12H2. The molecule has 0 saturated carbocycles. The molecule has 1 aliphatic rings. The molecule has 154 valence electrons. The number of hydrogen-bond acceptors (Lipinski definition) is 7. The summed E-state index contributed by atoms with van der Waals surface area (Å²) >= 11 is 1.36. The van der Waals surface area contributed by atoms with Crippen molar-refractivity contribution < 1.29 is 14.6 Å². The number of rotatable bonds is 6. The summed E-state index contributed by atoms with van der Waals surface area (Å²) in [5.74, 6) is 0. The van der Waals surface area contributed by atoms with Gasteiger partial charge in [-0.05, 0) is 36.6 Å². The molecule has 1 atom stereocenters. The summed E-state index contributed by atoms with van der Waals surface area (Å²) in [6.07, 6.45) is 1.94. The number of nitro benzene ring substituents is 2. The molecule has 4 rings (SSSR count). The van der Waals surface area contributed by atoms with Crippen LogP contribution in [0, 0.1) is 20.2 Å². The largest absolute Gasteiger partial charge is 0.376 e. The molecule has 2 heterocycles. The lowest BCUT2D eigenvalue weighted by molar-refractivity contribution is -0.384. The predicted octanol–water partition coefficient (Wildman–Crippen LogP) is 4.44. The van der Waals surface area contributed by atoms with E-state index >= 15 is 0 Å². The molecular formula is C20H18N4O5S. The van der Waals surface area contributed by atoms with Gasteiger partial charge in [-0.15, -0.1) is 11.3 Å². The molecule has 3 aromatic rings. The highest BCUT2D eigenvalue weighted by atomic mass is 32.1. The van der Waals surface area contributed by atoms with Crippen molar-refractivity contribution in [2.45, 2.75) is 25.5 Å². The van der Waals surface area contributed by atoms with E-state index in [9.17, 15) is 20.2 Å². The van der Waals surface area contributed by atoms with Crippen molar-refractivity contribution in [3.05, 3.63) is 78.9 Å². The van der Waals surface area contributed by atoms with Gasteiger partial charge in [0.2, 0.25) is 0 Å². The van der Waals surface area contributed by atoms with E-state index in [-0.39, 0.29) is 23.2 Å². The van der Waals surface area contributed by atoms with Crippen molar-refractivity contribution in [3.8, 4) is 11.3 Å². The molecule has 0 bridgehead atoms. The summed E-state index contributed by atoms with van der Waals surface area (Å²) in [5, 5.41) is 24.2. The zero-order valence-corrected chi connectivity index (χ0v) is 16.7. The van der Waals surface area contributed by atoms with Gasteiger partial charge in [0.1, 0.15) is 5.69 Å². The van der Waals surface area contributed by atoms with E-state index in [1.165, 1.54) is 29.5 Å². The molecule has 0 radical (unpaired) electrons. The number of aromatic nitrogens is 1. The van der Waals surface area contributed by atoms with Crippen LogP contribution in [0.3, 0.4) is 0 Å². The summed E-state index contributed by atoms with van der Waals surface area (Å²) in [7, 11) is 0. The van der Waals surface area contributed by atoms with E-state index in [1.807, 2.05) is 9.95 Å². The molecule has 1 aromatic heterocycles. The Balaban J connectivity index is 1.81. The quantitative estimate of drug-likeness (QED) is 0.427. The Morgan fingerprint density at radius 2 is 1.87 bits per heavy atom. The Morgan fingerprint density at radius 1 is 1.10 bits per heavy atom. The molecule has 30 heavy (non-hydrogen) atoms. The molecular weight excluding hydrogens is 408 g/mol. The first-order chi connectivity index (χ1) is 14.5. The minimum Gasteiger partial charge on any atom is -0.376 e. The second-order valence-corrected chi connectivity index (χ2v) is 7.65. The Labute approximate surface area is 175 Å². The first-order valence-corrected chi connectivity index (χ1v) is 10.2. The zero-order chi connectivity index (χ0) is 21.1. The van der Waals surface area contributed by atoms with E-state index in [1.54, 1.807) is 30.3 Å². The van der Waals surface area contributed by atoms with Crippen LogP contribution < -0.4 is 4.80 Å². The summed E-state index contributed by atoms with van der Waals surface area (Å²) in [6.45, 7) is 1.26. The van der Waals surface area contributed by atoms with Crippen LogP contribution in [-0.2, 0) is 11.3 Å². The Bertz CT molecular complexity index is 1150. The van der Waals surface area contributed by atoms with Crippen molar-refractivity contribution in [1.82, 2.24) is 4.57 Å². The van der Waals surface area contributed by atoms with Crippen LogP contribution in [-0.4, -0.2) is 27.1 Å². The number of nitro groups is 2. The second kappa shape index (κ2) is 8.56. The lowest BCUT2D eigenvalue weighted by atomic mass is 10.1. The Hall–Kier alpha value is -3.37. The number of nitrogens with zero attached hydrogens (tertiary/aromatic N) is 4. The number of hydrogen-bond donors (Lipinski definition) is 0. The lowest BCUT2D eigenvalue weighted by Gasteiger charge is -2.14. The third kappa shape index (κ3) is 4.14. The molecule has 10 heteroatoms. The first kappa shape index (κ1) is 19.9. The number of ether oxygens (including phenoxy) is 1. The summed E-state index contributed by atoms with van der Waals surface area (Å²) in [6, 6.07) is 12.7. The monoisotopic (exact) mass is 426 g/mol. The van der Waals surface area contributed by atoms with Gasteiger partial charge < -0.3 is 9.30 Å². The highest BCUT2D eigenvalue weighted by molar-refractivity contribution is 7.07. The fourth-order valence-corrected chi connectivity index (χ4v) is 4.32. The minimum atomic E-state index is -0.450. The number of non-ortho nitro benzene ring substituents is 1. The highest BCUT2D eigenvalue weighted by Gasteiger charge is 2.20. The van der Waals surface area contributed by atoms with Gasteiger partial charge in [0, 0.05) is 30.2 Å². The smallest absolute Gasteiger partial charge is 0.294 e. The van der Waals surface area contributed by atoms with E-state index in [0.717, 1.165) is 24.1 Å². The van der Waals surface area contributed by atoms with Crippen molar-refractivity contribution in [1.29, 1.82) is 0 Å². The van der Waals surface area contributed by atoms with Crippen molar-refractivity contribution in [2.24, 2.45) is 4.99 Å². The van der Waals surface area contributed by atoms with Crippen molar-refractivity contribution in [3.63, 3.8) is 0 Å². The van der Waals surface area contributed by atoms with Crippen LogP contribution >= 0.6 is 11.3 Å². The maximum Gasteiger partial charge on any atom is 0.294 e. The molecule has 0 spiro atoms. The minimum absolute atomic E-state index is 0.0180. The Kier molecular flexibility index (Phi) is 5.68. The zero-order valence-electron chi connectivity index (χ0n) is 15.8. The average molecular weight is 426 g/mol. The third-order valence-corrected chi connectivity index (χ3v) is 5.74. The maximum absolute atomic E-state index is 11.4. The van der Waals surface area contributed by atoms with Crippen molar-refractivity contribution in [2.75, 3.05) is 6.61 Å². The van der Waals surface area contributed by atoms with E-state index < -0.39 is 9.85 Å². The molecule has 0 N–H and O–H groups in total. The summed E-state index contributed by atoms with van der Waals surface area (Å²) in [5.41, 5.74) is 1.87. The number of para-hydroxylation sites is 2. The molecule has 0 amide bonds. The third-order valence-electron chi connectivity index (χ3n) is 4.88. The van der Waals surface area contributed by atoms with Gasteiger partial charge in [0.25, 0.3) is 11.4 Å². The molecule has 1 fully saturated rings. The molecule has 0 aliphatic carbocycles. The van der Waals surface area contributed by atoms with Gasteiger partial charge >= 0.3 is 0 Å². The molecule has 1 unspecified atom stereocenters. The lowest BCUT2D eigenvalue weighted by Crippen LogP contribution is -2.24. The normalized spacial score (nSPS) is 16.7. The average Bonchev–Trinajstić information content (AvgIpc) is 3.39. The van der Waals surface area contributed by atoms with E-state index in [2.05, 4.69) is 4.99 Å². The van der Waals surface area contributed by atoms with Crippen LogP contribution in [0.2, 0.25) is 0 Å². The number of thiazole rings is 1.